The summed E-state index contributed by atoms with van der Waals surface area (Å²) in [5, 5.41) is 9.09. The van der Waals surface area contributed by atoms with E-state index in [0.717, 1.165) is 41.8 Å². The molecule has 0 radical (unpaired) electrons. The van der Waals surface area contributed by atoms with Crippen molar-refractivity contribution in [2.45, 2.75) is 19.9 Å². The van der Waals surface area contributed by atoms with E-state index in [1.165, 1.54) is 16.2 Å². The van der Waals surface area contributed by atoms with E-state index in [1.54, 1.807) is 0 Å². The number of nitrogens with one attached hydrogen (secondary N) is 3. The third kappa shape index (κ3) is 4.20. The zero-order valence-corrected chi connectivity index (χ0v) is 16.2. The summed E-state index contributed by atoms with van der Waals surface area (Å²) in [6.45, 7) is 4.92. The predicted octanol–water partition coefficient (Wildman–Crippen LogP) is 4.10. The summed E-state index contributed by atoms with van der Waals surface area (Å²) >= 11 is 4.88. The number of fused-ring (bicyclic) bond motifs is 1. The number of benzene rings is 1. The van der Waals surface area contributed by atoms with Crippen molar-refractivity contribution in [1.82, 2.24) is 4.90 Å². The van der Waals surface area contributed by atoms with Gasteiger partial charge in [0.2, 0.25) is 6.41 Å². The molecular weight excluding hydrogens is 404 g/mol. The Labute approximate surface area is 158 Å². The van der Waals surface area contributed by atoms with Gasteiger partial charge in [0.15, 0.2) is 0 Å². The van der Waals surface area contributed by atoms with Crippen molar-refractivity contribution in [3.63, 3.8) is 0 Å². The van der Waals surface area contributed by atoms with Gasteiger partial charge in [-0.3, -0.25) is 15.0 Å². The van der Waals surface area contributed by atoms with Crippen LogP contribution in [0.4, 0.5) is 21.2 Å². The molecule has 0 unspecified atom stereocenters. The molecule has 2 heterocycles. The first-order valence-corrected chi connectivity index (χ1v) is 9.62. The maximum absolute atomic E-state index is 12.3. The van der Waals surface area contributed by atoms with Gasteiger partial charge in [0, 0.05) is 28.1 Å². The lowest BCUT2D eigenvalue weighted by atomic mass is 10.1. The topological polar surface area (TPSA) is 73.5 Å². The molecule has 3 N–H and O–H groups in total. The van der Waals surface area contributed by atoms with Gasteiger partial charge in [-0.05, 0) is 42.8 Å². The highest BCUT2D eigenvalue weighted by atomic mass is 79.9. The highest BCUT2D eigenvalue weighted by Gasteiger charge is 2.24. The SMILES string of the molecule is CCN1CCc2c(sc(NC(=O)Nc3ccc(Br)cc3)c2NC=O)C1. The van der Waals surface area contributed by atoms with Crippen LogP contribution in [0.25, 0.3) is 0 Å². The molecule has 1 aliphatic rings. The summed E-state index contributed by atoms with van der Waals surface area (Å²) in [7, 11) is 0. The zero-order chi connectivity index (χ0) is 17.8. The number of likely N-dealkylation sites (N-methyl/N-ethyl adjacent to an activating group) is 1. The average molecular weight is 423 g/mol. The Morgan fingerprint density at radius 3 is 2.76 bits per heavy atom. The molecule has 0 spiro atoms. The van der Waals surface area contributed by atoms with E-state index in [-0.39, 0.29) is 6.03 Å². The van der Waals surface area contributed by atoms with E-state index in [9.17, 15) is 9.59 Å². The Bertz CT molecular complexity index is 776. The fourth-order valence-electron chi connectivity index (χ4n) is 2.82. The van der Waals surface area contributed by atoms with E-state index >= 15 is 0 Å². The minimum atomic E-state index is -0.331. The van der Waals surface area contributed by atoms with Crippen LogP contribution >= 0.6 is 27.3 Å². The van der Waals surface area contributed by atoms with Gasteiger partial charge in [-0.2, -0.15) is 0 Å². The van der Waals surface area contributed by atoms with Gasteiger partial charge < -0.3 is 10.6 Å². The van der Waals surface area contributed by atoms with Gasteiger partial charge in [-0.25, -0.2) is 4.79 Å². The van der Waals surface area contributed by atoms with Gasteiger partial charge in [0.25, 0.3) is 0 Å². The average Bonchev–Trinajstić information content (AvgIpc) is 2.93. The fourth-order valence-corrected chi connectivity index (χ4v) is 4.34. The van der Waals surface area contributed by atoms with Gasteiger partial charge in [0.05, 0.1) is 5.69 Å². The minimum Gasteiger partial charge on any atom is -0.326 e. The summed E-state index contributed by atoms with van der Waals surface area (Å²) in [5.74, 6) is 0. The number of rotatable bonds is 5. The standard InChI is InChI=1S/C17H19BrN4O2S/c1-2-22-8-7-13-14(9-22)25-16(15(13)19-10-23)21-17(24)20-12-5-3-11(18)4-6-12/h3-6,10H,2,7-9H2,1H3,(H,19,23)(H2,20,21,24). The molecule has 3 amide bonds. The molecule has 1 aliphatic heterocycles. The number of carbonyl (C=O) groups is 2. The normalized spacial score (nSPS) is 13.8. The molecule has 0 fully saturated rings. The molecule has 6 nitrogen and oxygen atoms in total. The lowest BCUT2D eigenvalue weighted by Gasteiger charge is -2.25. The molecule has 8 heteroatoms. The van der Waals surface area contributed by atoms with Crippen LogP contribution in [0.15, 0.2) is 28.7 Å². The molecule has 0 bridgehead atoms. The van der Waals surface area contributed by atoms with E-state index < -0.39 is 0 Å². The van der Waals surface area contributed by atoms with Crippen LogP contribution in [0.5, 0.6) is 0 Å². The molecule has 132 valence electrons. The number of halogens is 1. The van der Waals surface area contributed by atoms with Gasteiger partial charge in [0.1, 0.15) is 5.00 Å². The van der Waals surface area contributed by atoms with Crippen molar-refractivity contribution in [3.05, 3.63) is 39.2 Å². The number of carbonyl (C=O) groups excluding carboxylic acids is 2. The van der Waals surface area contributed by atoms with Crippen molar-refractivity contribution in [2.24, 2.45) is 0 Å². The number of hydrogen-bond acceptors (Lipinski definition) is 4. The van der Waals surface area contributed by atoms with Crippen molar-refractivity contribution in [1.29, 1.82) is 0 Å². The van der Waals surface area contributed by atoms with Gasteiger partial charge in [-0.15, -0.1) is 11.3 Å². The molecule has 0 saturated heterocycles. The number of thiophene rings is 1. The second-order valence-corrected chi connectivity index (χ2v) is 7.70. The van der Waals surface area contributed by atoms with Crippen LogP contribution in [0.1, 0.15) is 17.4 Å². The quantitative estimate of drug-likeness (QED) is 0.634. The van der Waals surface area contributed by atoms with Gasteiger partial charge >= 0.3 is 6.03 Å². The van der Waals surface area contributed by atoms with Crippen LogP contribution in [0, 0.1) is 0 Å². The van der Waals surface area contributed by atoms with Crippen molar-refractivity contribution in [3.8, 4) is 0 Å². The third-order valence-electron chi connectivity index (χ3n) is 4.12. The minimum absolute atomic E-state index is 0.331. The molecule has 3 rings (SSSR count). The smallest absolute Gasteiger partial charge is 0.324 e. The van der Waals surface area contributed by atoms with E-state index in [0.29, 0.717) is 17.1 Å². The Morgan fingerprint density at radius 1 is 1.32 bits per heavy atom. The number of hydrogen-bond donors (Lipinski definition) is 3. The highest BCUT2D eigenvalue weighted by Crippen LogP contribution is 2.41. The molecule has 0 saturated carbocycles. The van der Waals surface area contributed by atoms with E-state index in [4.69, 9.17) is 0 Å². The summed E-state index contributed by atoms with van der Waals surface area (Å²) in [6.07, 6.45) is 1.53. The second-order valence-electron chi connectivity index (χ2n) is 5.67. The maximum Gasteiger partial charge on any atom is 0.324 e. The summed E-state index contributed by atoms with van der Waals surface area (Å²) in [5.41, 5.74) is 2.54. The number of anilines is 3. The van der Waals surface area contributed by atoms with Crippen LogP contribution in [-0.2, 0) is 17.8 Å². The largest absolute Gasteiger partial charge is 0.326 e. The molecular formula is C17H19BrN4O2S. The van der Waals surface area contributed by atoms with Crippen LogP contribution in [-0.4, -0.2) is 30.4 Å². The molecule has 1 aromatic carbocycles. The molecule has 1 aromatic heterocycles. The Kier molecular flexibility index (Phi) is 5.72. The fraction of sp³-hybridized carbons (Fsp3) is 0.294. The lowest BCUT2D eigenvalue weighted by Crippen LogP contribution is -2.29. The monoisotopic (exact) mass is 422 g/mol. The van der Waals surface area contributed by atoms with Crippen LogP contribution in [0.3, 0.4) is 0 Å². The van der Waals surface area contributed by atoms with Crippen molar-refractivity contribution >= 4 is 56.1 Å². The van der Waals surface area contributed by atoms with Crippen molar-refractivity contribution in [2.75, 3.05) is 29.0 Å². The molecule has 0 aliphatic carbocycles. The van der Waals surface area contributed by atoms with E-state index in [2.05, 4.69) is 43.7 Å². The first-order chi connectivity index (χ1) is 12.1. The number of urea groups is 1. The third-order valence-corrected chi connectivity index (χ3v) is 5.78. The zero-order valence-electron chi connectivity index (χ0n) is 13.8. The first kappa shape index (κ1) is 17.9. The number of nitrogens with zero attached hydrogens (tertiary/aromatic N) is 1. The summed E-state index contributed by atoms with van der Waals surface area (Å²) in [6, 6.07) is 7.01. The number of amides is 3. The Hall–Kier alpha value is -1.90. The van der Waals surface area contributed by atoms with Crippen LogP contribution < -0.4 is 16.0 Å². The van der Waals surface area contributed by atoms with Gasteiger partial charge in [-0.1, -0.05) is 22.9 Å². The highest BCUT2D eigenvalue weighted by molar-refractivity contribution is 9.10. The lowest BCUT2D eigenvalue weighted by molar-refractivity contribution is -0.105. The Morgan fingerprint density at radius 2 is 2.08 bits per heavy atom. The molecule has 0 atom stereocenters. The van der Waals surface area contributed by atoms with E-state index in [1.807, 2.05) is 24.3 Å². The summed E-state index contributed by atoms with van der Waals surface area (Å²) < 4.78 is 0.947. The summed E-state index contributed by atoms with van der Waals surface area (Å²) in [4.78, 5) is 26.8. The Balaban J connectivity index is 1.77. The van der Waals surface area contributed by atoms with Crippen molar-refractivity contribution < 1.29 is 9.59 Å². The maximum atomic E-state index is 12.3. The molecule has 25 heavy (non-hydrogen) atoms. The molecule has 2 aromatic rings. The van der Waals surface area contributed by atoms with Crippen LogP contribution in [0.2, 0.25) is 0 Å². The second kappa shape index (κ2) is 7.99. The first-order valence-electron chi connectivity index (χ1n) is 8.01. The predicted molar refractivity (Wildman–Crippen MR) is 105 cm³/mol.